The second-order valence-electron chi connectivity index (χ2n) is 1.61. The Morgan fingerprint density at radius 1 is 1.62 bits per heavy atom. The Hall–Kier alpha value is -0.180. The SMILES string of the molecule is CC(=O)O.CC(C)S. The van der Waals surface area contributed by atoms with Crippen LogP contribution in [0.15, 0.2) is 0 Å². The first-order chi connectivity index (χ1) is 3.46. The molecule has 1 N–H and O–H groups in total. The van der Waals surface area contributed by atoms with Gasteiger partial charge in [-0.05, 0) is 5.25 Å². The summed E-state index contributed by atoms with van der Waals surface area (Å²) in [5.41, 5.74) is 0. The molecule has 0 aromatic carbocycles. The highest BCUT2D eigenvalue weighted by atomic mass is 32.1. The third kappa shape index (κ3) is 4170. The van der Waals surface area contributed by atoms with Crippen molar-refractivity contribution in [1.82, 2.24) is 0 Å². The van der Waals surface area contributed by atoms with E-state index < -0.39 is 5.97 Å². The fourth-order valence-electron chi connectivity index (χ4n) is 0. The quantitative estimate of drug-likeness (QED) is 0.494. The number of hydrogen-bond acceptors (Lipinski definition) is 2. The maximum absolute atomic E-state index is 9.00. The lowest BCUT2D eigenvalue weighted by atomic mass is 10.6. The van der Waals surface area contributed by atoms with E-state index in [1.54, 1.807) is 0 Å². The zero-order valence-corrected chi connectivity index (χ0v) is 6.27. The molecule has 0 aromatic heterocycles. The van der Waals surface area contributed by atoms with E-state index in [2.05, 4.69) is 12.6 Å². The minimum atomic E-state index is -0.833. The number of carbonyl (C=O) groups is 1. The van der Waals surface area contributed by atoms with Gasteiger partial charge in [-0.1, -0.05) is 13.8 Å². The van der Waals surface area contributed by atoms with Crippen LogP contribution in [0.3, 0.4) is 0 Å². The van der Waals surface area contributed by atoms with Crippen LogP contribution in [0.2, 0.25) is 0 Å². The molecule has 0 aliphatic carbocycles. The lowest BCUT2D eigenvalue weighted by Gasteiger charge is -1.78. The van der Waals surface area contributed by atoms with Gasteiger partial charge in [0.1, 0.15) is 0 Å². The summed E-state index contributed by atoms with van der Waals surface area (Å²) in [6.07, 6.45) is 0. The lowest BCUT2D eigenvalue weighted by molar-refractivity contribution is -0.134. The van der Waals surface area contributed by atoms with Crippen LogP contribution in [-0.2, 0) is 4.79 Å². The van der Waals surface area contributed by atoms with Crippen molar-refractivity contribution in [2.75, 3.05) is 0 Å². The van der Waals surface area contributed by atoms with Crippen LogP contribution in [0.25, 0.3) is 0 Å². The van der Waals surface area contributed by atoms with Gasteiger partial charge >= 0.3 is 0 Å². The molecule has 0 rings (SSSR count). The molecule has 0 aliphatic heterocycles. The summed E-state index contributed by atoms with van der Waals surface area (Å²) in [6.45, 7) is 5.15. The second-order valence-corrected chi connectivity index (χ2v) is 2.65. The lowest BCUT2D eigenvalue weighted by Crippen LogP contribution is -1.78. The van der Waals surface area contributed by atoms with Gasteiger partial charge in [-0.3, -0.25) is 4.79 Å². The molecule has 0 atom stereocenters. The van der Waals surface area contributed by atoms with Crippen LogP contribution in [0.4, 0.5) is 0 Å². The number of aliphatic carboxylic acids is 1. The van der Waals surface area contributed by atoms with E-state index >= 15 is 0 Å². The highest BCUT2D eigenvalue weighted by molar-refractivity contribution is 7.80. The average Bonchev–Trinajstić information content (AvgIpc) is 1.25. The van der Waals surface area contributed by atoms with Crippen LogP contribution < -0.4 is 0 Å². The molecule has 3 heteroatoms. The molecular formula is C5H12O2S. The van der Waals surface area contributed by atoms with Crippen molar-refractivity contribution < 1.29 is 9.90 Å². The standard InChI is InChI=1S/C3H8S.C2H4O2/c1-3(2)4;1-2(3)4/h3-4H,1-2H3;1H3,(H,3,4). The number of rotatable bonds is 0. The summed E-state index contributed by atoms with van der Waals surface area (Å²) in [7, 11) is 0. The van der Waals surface area contributed by atoms with Gasteiger partial charge in [-0.25, -0.2) is 0 Å². The first-order valence-corrected chi connectivity index (χ1v) is 2.86. The van der Waals surface area contributed by atoms with E-state index in [1.807, 2.05) is 13.8 Å². The molecular weight excluding hydrogens is 124 g/mol. The minimum Gasteiger partial charge on any atom is -0.481 e. The van der Waals surface area contributed by atoms with E-state index in [1.165, 1.54) is 0 Å². The molecule has 0 bridgehead atoms. The van der Waals surface area contributed by atoms with Crippen molar-refractivity contribution in [3.05, 3.63) is 0 Å². The van der Waals surface area contributed by atoms with Gasteiger partial charge in [0.05, 0.1) is 0 Å². The first-order valence-electron chi connectivity index (χ1n) is 2.34. The van der Waals surface area contributed by atoms with Gasteiger partial charge in [0.25, 0.3) is 5.97 Å². The molecule has 0 amide bonds. The molecule has 0 unspecified atom stereocenters. The average molecular weight is 136 g/mol. The summed E-state index contributed by atoms with van der Waals surface area (Å²) in [6, 6.07) is 0. The van der Waals surface area contributed by atoms with Gasteiger partial charge in [0.15, 0.2) is 0 Å². The summed E-state index contributed by atoms with van der Waals surface area (Å²) in [4.78, 5) is 9.00. The Morgan fingerprint density at radius 2 is 1.62 bits per heavy atom. The van der Waals surface area contributed by atoms with E-state index in [-0.39, 0.29) is 0 Å². The second kappa shape index (κ2) is 6.82. The Balaban J connectivity index is 0. The monoisotopic (exact) mass is 136 g/mol. The van der Waals surface area contributed by atoms with E-state index in [9.17, 15) is 0 Å². The first kappa shape index (κ1) is 10.7. The van der Waals surface area contributed by atoms with Gasteiger partial charge in [0.2, 0.25) is 0 Å². The molecule has 0 heterocycles. The smallest absolute Gasteiger partial charge is 0.300 e. The summed E-state index contributed by atoms with van der Waals surface area (Å²) >= 11 is 3.97. The number of carboxylic acids is 1. The number of carboxylic acid groups (broad SMARTS) is 1. The molecule has 2 nitrogen and oxygen atoms in total. The van der Waals surface area contributed by atoms with Crippen LogP contribution >= 0.6 is 12.6 Å². The number of hydrogen-bond donors (Lipinski definition) is 2. The van der Waals surface area contributed by atoms with Crippen LogP contribution in [0.5, 0.6) is 0 Å². The third-order valence-corrected chi connectivity index (χ3v) is 0. The minimum absolute atomic E-state index is 0.528. The normalized spacial score (nSPS) is 7.62. The molecule has 8 heavy (non-hydrogen) atoms. The van der Waals surface area contributed by atoms with Crippen molar-refractivity contribution in [2.45, 2.75) is 26.0 Å². The Kier molecular flexibility index (Phi) is 9.15. The highest BCUT2D eigenvalue weighted by Crippen LogP contribution is 1.83. The fraction of sp³-hybridized carbons (Fsp3) is 0.800. The van der Waals surface area contributed by atoms with Crippen LogP contribution in [0, 0.1) is 0 Å². The summed E-state index contributed by atoms with van der Waals surface area (Å²) < 4.78 is 0. The Labute approximate surface area is 55.3 Å². The highest BCUT2D eigenvalue weighted by Gasteiger charge is 1.69. The molecule has 0 aliphatic rings. The molecule has 0 radical (unpaired) electrons. The van der Waals surface area contributed by atoms with Gasteiger partial charge in [-0.2, -0.15) is 12.6 Å². The molecule has 0 fully saturated rings. The van der Waals surface area contributed by atoms with Crippen molar-refractivity contribution in [1.29, 1.82) is 0 Å². The zero-order chi connectivity index (χ0) is 7.15. The Morgan fingerprint density at radius 3 is 1.62 bits per heavy atom. The summed E-state index contributed by atoms with van der Waals surface area (Å²) in [5.74, 6) is -0.833. The van der Waals surface area contributed by atoms with E-state index in [0.717, 1.165) is 6.92 Å². The van der Waals surface area contributed by atoms with Crippen LogP contribution in [-0.4, -0.2) is 16.3 Å². The topological polar surface area (TPSA) is 37.3 Å². The summed E-state index contributed by atoms with van der Waals surface area (Å²) in [5, 5.41) is 7.94. The van der Waals surface area contributed by atoms with Gasteiger partial charge in [0, 0.05) is 6.92 Å². The van der Waals surface area contributed by atoms with Crippen molar-refractivity contribution in [3.8, 4) is 0 Å². The van der Waals surface area contributed by atoms with Crippen LogP contribution in [0.1, 0.15) is 20.8 Å². The predicted molar refractivity (Wildman–Crippen MR) is 37.4 cm³/mol. The molecule has 50 valence electrons. The maximum Gasteiger partial charge on any atom is 0.300 e. The third-order valence-electron chi connectivity index (χ3n) is 0. The molecule has 0 saturated carbocycles. The largest absolute Gasteiger partial charge is 0.481 e. The van der Waals surface area contributed by atoms with E-state index in [0.29, 0.717) is 5.25 Å². The molecule has 0 spiro atoms. The van der Waals surface area contributed by atoms with Crippen molar-refractivity contribution in [2.24, 2.45) is 0 Å². The van der Waals surface area contributed by atoms with Gasteiger partial charge < -0.3 is 5.11 Å². The van der Waals surface area contributed by atoms with Gasteiger partial charge in [-0.15, -0.1) is 0 Å². The van der Waals surface area contributed by atoms with Crippen molar-refractivity contribution in [3.63, 3.8) is 0 Å². The van der Waals surface area contributed by atoms with Crippen molar-refractivity contribution >= 4 is 18.6 Å². The fourth-order valence-corrected chi connectivity index (χ4v) is 0. The van der Waals surface area contributed by atoms with E-state index in [4.69, 9.17) is 9.90 Å². The molecule has 0 aromatic rings. The molecule has 0 saturated heterocycles. The maximum atomic E-state index is 9.00. The zero-order valence-electron chi connectivity index (χ0n) is 5.38. The number of thiol groups is 1. The Bertz CT molecular complexity index is 54.7. The predicted octanol–water partition coefficient (Wildman–Crippen LogP) is 1.42.